The molecule has 0 spiro atoms. The smallest absolute Gasteiger partial charge is 0.319 e. The number of carbonyl (C=O) groups is 1. The fourth-order valence-electron chi connectivity index (χ4n) is 2.59. The van der Waals surface area contributed by atoms with Crippen molar-refractivity contribution in [3.05, 3.63) is 30.4 Å². The van der Waals surface area contributed by atoms with E-state index in [4.69, 9.17) is 4.74 Å². The fourth-order valence-corrected chi connectivity index (χ4v) is 2.59. The number of amides is 2. The van der Waals surface area contributed by atoms with Gasteiger partial charge in [0.1, 0.15) is 6.10 Å². The molecule has 2 N–H and O–H groups in total. The quantitative estimate of drug-likeness (QED) is 0.891. The molecule has 3 rings (SSSR count). The zero-order chi connectivity index (χ0) is 15.5. The van der Waals surface area contributed by atoms with Crippen LogP contribution in [0.2, 0.25) is 0 Å². The van der Waals surface area contributed by atoms with Gasteiger partial charge in [0.25, 0.3) is 0 Å². The Morgan fingerprint density at radius 1 is 1.41 bits per heavy atom. The first-order valence-corrected chi connectivity index (χ1v) is 7.36. The monoisotopic (exact) mass is 304 g/mol. The third kappa shape index (κ3) is 3.11. The highest BCUT2D eigenvalue weighted by molar-refractivity contribution is 5.89. The van der Waals surface area contributed by atoms with Gasteiger partial charge in [-0.25, -0.2) is 4.79 Å². The second-order valence-electron chi connectivity index (χ2n) is 5.32. The predicted octanol–water partition coefficient (Wildman–Crippen LogP) is 1.29. The van der Waals surface area contributed by atoms with Gasteiger partial charge in [-0.2, -0.15) is 10.2 Å². The molecule has 8 nitrogen and oxygen atoms in total. The van der Waals surface area contributed by atoms with Gasteiger partial charge >= 0.3 is 6.03 Å². The van der Waals surface area contributed by atoms with Crippen molar-refractivity contribution >= 4 is 11.7 Å². The Balaban J connectivity index is 1.62. The van der Waals surface area contributed by atoms with Crippen LogP contribution < -0.4 is 10.6 Å². The minimum absolute atomic E-state index is 0.0637. The van der Waals surface area contributed by atoms with Crippen LogP contribution in [-0.4, -0.2) is 38.2 Å². The molecule has 0 saturated carbocycles. The summed E-state index contributed by atoms with van der Waals surface area (Å²) in [5, 5.41) is 14.0. The summed E-state index contributed by atoms with van der Waals surface area (Å²) in [4.78, 5) is 12.1. The van der Waals surface area contributed by atoms with Crippen molar-refractivity contribution in [1.29, 1.82) is 0 Å². The maximum atomic E-state index is 12.1. The lowest BCUT2D eigenvalue weighted by Gasteiger charge is -2.18. The van der Waals surface area contributed by atoms with Gasteiger partial charge in [-0.05, 0) is 13.3 Å². The van der Waals surface area contributed by atoms with Gasteiger partial charge in [0.05, 0.1) is 24.1 Å². The molecular weight excluding hydrogens is 284 g/mol. The molecule has 1 fully saturated rings. The van der Waals surface area contributed by atoms with Crippen LogP contribution in [-0.2, 0) is 18.3 Å². The Morgan fingerprint density at radius 3 is 2.95 bits per heavy atom. The molecule has 2 aromatic heterocycles. The number of nitrogens with zero attached hydrogens (tertiary/aromatic N) is 4. The van der Waals surface area contributed by atoms with Crippen molar-refractivity contribution in [3.8, 4) is 0 Å². The van der Waals surface area contributed by atoms with Crippen LogP contribution in [0, 0.1) is 0 Å². The second kappa shape index (κ2) is 6.18. The van der Waals surface area contributed by atoms with Crippen LogP contribution in [0.4, 0.5) is 10.5 Å². The van der Waals surface area contributed by atoms with Crippen LogP contribution in [0.3, 0.4) is 0 Å². The van der Waals surface area contributed by atoms with E-state index in [1.165, 1.54) is 0 Å². The van der Waals surface area contributed by atoms with Crippen LogP contribution in [0.1, 0.15) is 25.0 Å². The molecule has 0 aliphatic carbocycles. The van der Waals surface area contributed by atoms with E-state index in [0.717, 1.165) is 18.5 Å². The Bertz CT molecular complexity index is 649. The summed E-state index contributed by atoms with van der Waals surface area (Å²) >= 11 is 0. The summed E-state index contributed by atoms with van der Waals surface area (Å²) in [5.74, 6) is 0. The summed E-state index contributed by atoms with van der Waals surface area (Å²) < 4.78 is 9.24. The molecule has 1 aliphatic rings. The summed E-state index contributed by atoms with van der Waals surface area (Å²) in [6.07, 6.45) is 7.74. The molecule has 118 valence electrons. The number of hydrogen-bond acceptors (Lipinski definition) is 4. The zero-order valence-electron chi connectivity index (χ0n) is 12.7. The Labute approximate surface area is 128 Å². The molecule has 0 unspecified atom stereocenters. The number of carbonyl (C=O) groups excluding carboxylic acids is 1. The van der Waals surface area contributed by atoms with Crippen LogP contribution >= 0.6 is 0 Å². The number of aromatic nitrogens is 4. The maximum Gasteiger partial charge on any atom is 0.319 e. The minimum atomic E-state index is -0.253. The highest BCUT2D eigenvalue weighted by atomic mass is 16.5. The molecule has 2 amide bonds. The summed E-state index contributed by atoms with van der Waals surface area (Å²) in [6.45, 7) is 3.47. The number of urea groups is 1. The molecule has 2 aromatic rings. The third-order valence-electron chi connectivity index (χ3n) is 3.68. The van der Waals surface area contributed by atoms with Crippen molar-refractivity contribution in [3.63, 3.8) is 0 Å². The van der Waals surface area contributed by atoms with Crippen LogP contribution in [0.5, 0.6) is 0 Å². The van der Waals surface area contributed by atoms with E-state index < -0.39 is 0 Å². The molecule has 22 heavy (non-hydrogen) atoms. The standard InChI is InChI=1S/C14H20N6O2/c1-3-20-8-10(6-16-20)13-12(4-5-22-13)18-14(21)17-11-7-15-19(2)9-11/h6-9,12-13H,3-5H2,1-2H3,(H2,17,18,21)/t12-,13+/m0/s1. The second-order valence-corrected chi connectivity index (χ2v) is 5.32. The van der Waals surface area contributed by atoms with Gasteiger partial charge in [0.2, 0.25) is 0 Å². The minimum Gasteiger partial charge on any atom is -0.371 e. The Kier molecular flexibility index (Phi) is 4.10. The maximum absolute atomic E-state index is 12.1. The molecule has 1 aliphatic heterocycles. The summed E-state index contributed by atoms with van der Waals surface area (Å²) in [5.41, 5.74) is 1.65. The van der Waals surface area contributed by atoms with Crippen LogP contribution in [0.15, 0.2) is 24.8 Å². The van der Waals surface area contributed by atoms with E-state index in [-0.39, 0.29) is 18.2 Å². The third-order valence-corrected chi connectivity index (χ3v) is 3.68. The van der Waals surface area contributed by atoms with E-state index >= 15 is 0 Å². The predicted molar refractivity (Wildman–Crippen MR) is 80.4 cm³/mol. The molecule has 2 atom stereocenters. The largest absolute Gasteiger partial charge is 0.371 e. The number of aryl methyl sites for hydroxylation is 2. The molecule has 8 heteroatoms. The molecule has 0 aromatic carbocycles. The number of nitrogens with one attached hydrogen (secondary N) is 2. The number of hydrogen-bond donors (Lipinski definition) is 2. The fraction of sp³-hybridized carbons (Fsp3) is 0.500. The molecule has 3 heterocycles. The molecule has 0 radical (unpaired) electrons. The van der Waals surface area contributed by atoms with Gasteiger partial charge in [-0.15, -0.1) is 0 Å². The van der Waals surface area contributed by atoms with Gasteiger partial charge < -0.3 is 15.4 Å². The van der Waals surface area contributed by atoms with Gasteiger partial charge in [-0.1, -0.05) is 0 Å². The highest BCUT2D eigenvalue weighted by Crippen LogP contribution is 2.28. The lowest BCUT2D eigenvalue weighted by atomic mass is 10.1. The first-order chi connectivity index (χ1) is 10.7. The molecule has 1 saturated heterocycles. The Hall–Kier alpha value is -2.35. The van der Waals surface area contributed by atoms with Crippen LogP contribution in [0.25, 0.3) is 0 Å². The van der Waals surface area contributed by atoms with Crippen molar-refractivity contribution < 1.29 is 9.53 Å². The topological polar surface area (TPSA) is 86.0 Å². The Morgan fingerprint density at radius 2 is 2.27 bits per heavy atom. The van der Waals surface area contributed by atoms with Crippen molar-refractivity contribution in [2.45, 2.75) is 32.0 Å². The number of anilines is 1. The number of rotatable bonds is 4. The average Bonchev–Trinajstić information content (AvgIpc) is 3.19. The average molecular weight is 304 g/mol. The van der Waals surface area contributed by atoms with E-state index in [9.17, 15) is 4.79 Å². The van der Waals surface area contributed by atoms with Crippen molar-refractivity contribution in [2.24, 2.45) is 7.05 Å². The van der Waals surface area contributed by atoms with E-state index in [1.807, 2.05) is 17.8 Å². The van der Waals surface area contributed by atoms with Gasteiger partial charge in [0.15, 0.2) is 0 Å². The van der Waals surface area contributed by atoms with Gasteiger partial charge in [0, 0.05) is 38.2 Å². The lowest BCUT2D eigenvalue weighted by Crippen LogP contribution is -2.39. The molecular formula is C14H20N6O2. The van der Waals surface area contributed by atoms with E-state index in [0.29, 0.717) is 12.3 Å². The summed E-state index contributed by atoms with van der Waals surface area (Å²) in [6, 6.07) is -0.317. The van der Waals surface area contributed by atoms with E-state index in [1.54, 1.807) is 30.3 Å². The van der Waals surface area contributed by atoms with Crippen molar-refractivity contribution in [2.75, 3.05) is 11.9 Å². The van der Waals surface area contributed by atoms with Gasteiger partial charge in [-0.3, -0.25) is 9.36 Å². The van der Waals surface area contributed by atoms with E-state index in [2.05, 4.69) is 20.8 Å². The lowest BCUT2D eigenvalue weighted by molar-refractivity contribution is 0.100. The zero-order valence-corrected chi connectivity index (χ0v) is 12.7. The normalized spacial score (nSPS) is 21.0. The first kappa shape index (κ1) is 14.6. The molecule has 0 bridgehead atoms. The first-order valence-electron chi connectivity index (χ1n) is 7.36. The number of ether oxygens (including phenoxy) is 1. The highest BCUT2D eigenvalue weighted by Gasteiger charge is 2.31. The SMILES string of the molecule is CCn1cc([C@H]2OCC[C@@H]2NC(=O)Nc2cnn(C)c2)cn1. The summed E-state index contributed by atoms with van der Waals surface area (Å²) in [7, 11) is 1.80. The van der Waals surface area contributed by atoms with Crippen molar-refractivity contribution in [1.82, 2.24) is 24.9 Å².